The van der Waals surface area contributed by atoms with Gasteiger partial charge in [-0.25, -0.2) is 4.98 Å². The molecule has 1 aromatic heterocycles. The van der Waals surface area contributed by atoms with Gasteiger partial charge in [0.2, 0.25) is 11.8 Å². The van der Waals surface area contributed by atoms with Crippen LogP contribution in [0.4, 0.5) is 5.69 Å². The van der Waals surface area contributed by atoms with Crippen molar-refractivity contribution >= 4 is 28.5 Å². The molecule has 0 bridgehead atoms. The summed E-state index contributed by atoms with van der Waals surface area (Å²) >= 11 is 0. The number of carbonyl (C=O) groups is 2. The van der Waals surface area contributed by atoms with Gasteiger partial charge in [0.15, 0.2) is 0 Å². The summed E-state index contributed by atoms with van der Waals surface area (Å²) in [5, 5.41) is 5.76. The van der Waals surface area contributed by atoms with Gasteiger partial charge in [0.25, 0.3) is 0 Å². The van der Waals surface area contributed by atoms with E-state index in [4.69, 9.17) is 0 Å². The summed E-state index contributed by atoms with van der Waals surface area (Å²) in [6, 6.07) is 15.5. The molecule has 0 fully saturated rings. The Balaban J connectivity index is 1.79. The molecule has 2 aromatic carbocycles. The average molecular weight is 364 g/mol. The molecule has 1 heterocycles. The van der Waals surface area contributed by atoms with Crippen LogP contribution in [0.3, 0.4) is 0 Å². The minimum absolute atomic E-state index is 0.0472. The zero-order valence-electron chi connectivity index (χ0n) is 15.7. The Hall–Kier alpha value is -3.15. The van der Waals surface area contributed by atoms with Gasteiger partial charge in [-0.1, -0.05) is 38.1 Å². The second-order valence-electron chi connectivity index (χ2n) is 6.33. The normalized spacial score (nSPS) is 10.7. The van der Waals surface area contributed by atoms with Crippen molar-refractivity contribution in [3.8, 4) is 0 Å². The summed E-state index contributed by atoms with van der Waals surface area (Å²) in [6.45, 7) is 4.32. The molecule has 0 saturated heterocycles. The van der Waals surface area contributed by atoms with Crippen molar-refractivity contribution in [2.75, 3.05) is 5.32 Å². The number of anilines is 1. The van der Waals surface area contributed by atoms with E-state index in [-0.39, 0.29) is 18.4 Å². The number of hydrogen-bond donors (Lipinski definition) is 2. The fourth-order valence-corrected chi connectivity index (χ4v) is 2.91. The van der Waals surface area contributed by atoms with E-state index in [1.165, 1.54) is 5.56 Å². The lowest BCUT2D eigenvalue weighted by atomic mass is 10.1. The van der Waals surface area contributed by atoms with Crippen molar-refractivity contribution in [1.29, 1.82) is 0 Å². The van der Waals surface area contributed by atoms with Gasteiger partial charge in [-0.2, -0.15) is 0 Å². The number of benzene rings is 2. The Morgan fingerprint density at radius 2 is 1.74 bits per heavy atom. The molecule has 0 aliphatic heterocycles. The first kappa shape index (κ1) is 18.6. The average Bonchev–Trinajstić information content (AvgIpc) is 3.04. The first-order valence-corrected chi connectivity index (χ1v) is 9.20. The van der Waals surface area contributed by atoms with E-state index < -0.39 is 0 Å². The van der Waals surface area contributed by atoms with Crippen LogP contribution in [0.5, 0.6) is 0 Å². The molecule has 0 saturated carbocycles. The number of hydrogen-bond acceptors (Lipinski definition) is 3. The first-order chi connectivity index (χ1) is 13.1. The van der Waals surface area contributed by atoms with Gasteiger partial charge in [0.05, 0.1) is 17.6 Å². The second-order valence-corrected chi connectivity index (χ2v) is 6.33. The molecule has 3 rings (SSSR count). The molecule has 6 nitrogen and oxygen atoms in total. The number of nitrogens with one attached hydrogen (secondary N) is 2. The summed E-state index contributed by atoms with van der Waals surface area (Å²) in [6.07, 6.45) is 1.37. The Kier molecular flexibility index (Phi) is 5.86. The molecule has 140 valence electrons. The van der Waals surface area contributed by atoms with E-state index in [1.807, 2.05) is 53.1 Å². The highest BCUT2D eigenvalue weighted by atomic mass is 16.2. The third-order valence-electron chi connectivity index (χ3n) is 4.45. The van der Waals surface area contributed by atoms with E-state index in [2.05, 4.69) is 22.5 Å². The van der Waals surface area contributed by atoms with Crippen LogP contribution in [0.25, 0.3) is 11.0 Å². The van der Waals surface area contributed by atoms with Crippen molar-refractivity contribution < 1.29 is 9.59 Å². The highest BCUT2D eigenvalue weighted by Gasteiger charge is 2.14. The molecular formula is C21H24N4O2. The van der Waals surface area contributed by atoms with E-state index in [0.717, 1.165) is 23.1 Å². The molecule has 0 aliphatic rings. The van der Waals surface area contributed by atoms with Crippen molar-refractivity contribution in [2.45, 2.75) is 39.8 Å². The Morgan fingerprint density at radius 1 is 1.00 bits per heavy atom. The van der Waals surface area contributed by atoms with Crippen LogP contribution in [0.15, 0.2) is 48.5 Å². The first-order valence-electron chi connectivity index (χ1n) is 9.20. The Morgan fingerprint density at radius 3 is 2.44 bits per heavy atom. The van der Waals surface area contributed by atoms with E-state index in [9.17, 15) is 9.59 Å². The summed E-state index contributed by atoms with van der Waals surface area (Å²) in [7, 11) is 0. The van der Waals surface area contributed by atoms with Crippen LogP contribution in [0.2, 0.25) is 0 Å². The van der Waals surface area contributed by atoms with Gasteiger partial charge in [0.1, 0.15) is 12.4 Å². The number of aromatic nitrogens is 2. The van der Waals surface area contributed by atoms with Crippen LogP contribution in [0, 0.1) is 0 Å². The minimum Gasteiger partial charge on any atom is -0.349 e. The summed E-state index contributed by atoms with van der Waals surface area (Å²) in [4.78, 5) is 28.7. The summed E-state index contributed by atoms with van der Waals surface area (Å²) < 4.78 is 1.85. The number of fused-ring (bicyclic) bond motifs is 1. The highest BCUT2D eigenvalue weighted by Crippen LogP contribution is 2.17. The van der Waals surface area contributed by atoms with Crippen LogP contribution in [-0.4, -0.2) is 21.4 Å². The maximum atomic E-state index is 12.6. The minimum atomic E-state index is -0.134. The van der Waals surface area contributed by atoms with Gasteiger partial charge in [-0.05, 0) is 36.2 Å². The number of rotatable bonds is 7. The largest absolute Gasteiger partial charge is 0.349 e. The molecule has 3 aromatic rings. The molecule has 27 heavy (non-hydrogen) atoms. The van der Waals surface area contributed by atoms with Gasteiger partial charge in [0, 0.05) is 12.1 Å². The summed E-state index contributed by atoms with van der Waals surface area (Å²) in [5.74, 6) is 0.481. The monoisotopic (exact) mass is 364 g/mol. The van der Waals surface area contributed by atoms with Gasteiger partial charge in [-0.15, -0.1) is 0 Å². The van der Waals surface area contributed by atoms with Crippen LogP contribution in [0.1, 0.15) is 31.7 Å². The number of nitrogens with zero attached hydrogens (tertiary/aromatic N) is 2. The van der Waals surface area contributed by atoms with Crippen LogP contribution >= 0.6 is 0 Å². The number of para-hydroxylation sites is 2. The standard InChI is InChI=1S/C21H24N4O2/c1-3-15-9-11-16(12-10-15)23-21(27)14-25-18-8-6-5-7-17(18)24-19(25)13-22-20(26)4-2/h5-12H,3-4,13-14H2,1-2H3,(H,22,26)(H,23,27). The molecule has 0 radical (unpaired) electrons. The number of imidazole rings is 1. The molecular weight excluding hydrogens is 340 g/mol. The fourth-order valence-electron chi connectivity index (χ4n) is 2.91. The zero-order chi connectivity index (χ0) is 19.2. The van der Waals surface area contributed by atoms with Crippen molar-refractivity contribution in [3.05, 3.63) is 59.9 Å². The molecule has 0 spiro atoms. The maximum absolute atomic E-state index is 12.6. The quantitative estimate of drug-likeness (QED) is 0.676. The Bertz CT molecular complexity index is 944. The van der Waals surface area contributed by atoms with E-state index in [0.29, 0.717) is 18.8 Å². The maximum Gasteiger partial charge on any atom is 0.244 e. The predicted octanol–water partition coefficient (Wildman–Crippen LogP) is 3.26. The second kappa shape index (κ2) is 8.49. The number of amides is 2. The van der Waals surface area contributed by atoms with Crippen molar-refractivity contribution in [3.63, 3.8) is 0 Å². The van der Waals surface area contributed by atoms with Crippen LogP contribution < -0.4 is 10.6 Å². The molecule has 0 aliphatic carbocycles. The highest BCUT2D eigenvalue weighted by molar-refractivity contribution is 5.91. The lowest BCUT2D eigenvalue weighted by Crippen LogP contribution is -2.26. The molecule has 0 unspecified atom stereocenters. The zero-order valence-corrected chi connectivity index (χ0v) is 15.7. The fraction of sp³-hybridized carbons (Fsp3) is 0.286. The molecule has 6 heteroatoms. The smallest absolute Gasteiger partial charge is 0.244 e. The lowest BCUT2D eigenvalue weighted by Gasteiger charge is -2.11. The van der Waals surface area contributed by atoms with Gasteiger partial charge in [-0.3, -0.25) is 9.59 Å². The predicted molar refractivity (Wildman–Crippen MR) is 106 cm³/mol. The third kappa shape index (κ3) is 4.53. The molecule has 2 N–H and O–H groups in total. The summed E-state index contributed by atoms with van der Waals surface area (Å²) in [5.41, 5.74) is 3.66. The van der Waals surface area contributed by atoms with E-state index >= 15 is 0 Å². The molecule has 0 atom stereocenters. The topological polar surface area (TPSA) is 76.0 Å². The third-order valence-corrected chi connectivity index (χ3v) is 4.45. The van der Waals surface area contributed by atoms with E-state index in [1.54, 1.807) is 6.92 Å². The SMILES string of the molecule is CCC(=O)NCc1nc2ccccc2n1CC(=O)Nc1ccc(CC)cc1. The van der Waals surface area contributed by atoms with Gasteiger partial charge >= 0.3 is 0 Å². The van der Waals surface area contributed by atoms with Crippen molar-refractivity contribution in [1.82, 2.24) is 14.9 Å². The van der Waals surface area contributed by atoms with Gasteiger partial charge < -0.3 is 15.2 Å². The van der Waals surface area contributed by atoms with Crippen LogP contribution in [-0.2, 0) is 29.1 Å². The number of aryl methyl sites for hydroxylation is 1. The Labute approximate surface area is 158 Å². The molecule has 2 amide bonds. The van der Waals surface area contributed by atoms with Crippen molar-refractivity contribution in [2.24, 2.45) is 0 Å². The lowest BCUT2D eigenvalue weighted by molar-refractivity contribution is -0.121. The number of carbonyl (C=O) groups excluding carboxylic acids is 2.